The molecule has 2 N–H and O–H groups in total. The van der Waals surface area contributed by atoms with Crippen LogP contribution in [-0.4, -0.2) is 39.8 Å². The van der Waals surface area contributed by atoms with Crippen LogP contribution >= 0.6 is 0 Å². The molecule has 0 aliphatic heterocycles. The van der Waals surface area contributed by atoms with Gasteiger partial charge < -0.3 is 26.8 Å². The number of esters is 2. The van der Waals surface area contributed by atoms with Gasteiger partial charge in [0.25, 0.3) is 6.47 Å². The molecular formula is C34H31FK2N2O7. The van der Waals surface area contributed by atoms with E-state index in [0.717, 1.165) is 38.2 Å². The molecule has 12 heteroatoms. The van der Waals surface area contributed by atoms with Gasteiger partial charge in [0.05, 0.1) is 52.0 Å². The first kappa shape index (κ1) is 41.5. The fourth-order valence-corrected chi connectivity index (χ4v) is 4.47. The quantitative estimate of drug-likeness (QED) is 0.0491. The zero-order valence-electron chi connectivity index (χ0n) is 28.0. The van der Waals surface area contributed by atoms with Crippen molar-refractivity contribution < 1.29 is 144 Å². The number of carbonyl (C=O) groups is 3. The largest absolute Gasteiger partial charge is 1.00 e. The van der Waals surface area contributed by atoms with Gasteiger partial charge in [-0.1, -0.05) is 91.0 Å². The Hall–Kier alpha value is -2.52. The number of nitrogens with zero attached hydrogens (tertiary/aromatic N) is 1. The van der Waals surface area contributed by atoms with Crippen molar-refractivity contribution in [1.29, 1.82) is 5.26 Å². The normalized spacial score (nSPS) is 9.33. The van der Waals surface area contributed by atoms with E-state index in [1.54, 1.807) is 6.07 Å². The van der Waals surface area contributed by atoms with Gasteiger partial charge in [-0.2, -0.15) is 5.26 Å². The number of fused-ring (bicyclic) bond motifs is 3. The molecule has 5 rings (SSSR count). The van der Waals surface area contributed by atoms with Gasteiger partial charge in [0.1, 0.15) is 0 Å². The van der Waals surface area contributed by atoms with E-state index in [9.17, 15) is 14.0 Å². The van der Waals surface area contributed by atoms with Crippen molar-refractivity contribution in [2.45, 2.75) is 6.42 Å². The standard InChI is InChI=1S/2C16H13NO2.CH3F.CH2O3.2K.H/c1-19-16(18)14-12-8-4-2-6-10(12)11-7-3-5-9-13(11)15(14)17;1-19-16(18)10-12-6-2-4-8-14(12)15-9-5-3-7-13(15)11-17;1-2;2-1-4-3;;;/h2-9H,17H2,1H3;2-9H,10H2,1H3;1H3;1,3H;;;/q;;;;2*+1;-1/p-1/i;;1D;;;;. The number of nitrogen functional groups attached to an aromatic ring is 1. The van der Waals surface area contributed by atoms with Crippen LogP contribution in [0.3, 0.4) is 0 Å². The molecule has 0 unspecified atom stereocenters. The molecule has 0 spiro atoms. The Morgan fingerprint density at radius 1 is 0.870 bits per heavy atom. The van der Waals surface area contributed by atoms with E-state index in [4.69, 9.17) is 31.9 Å². The summed E-state index contributed by atoms with van der Waals surface area (Å²) in [5.74, 6) is -0.693. The van der Waals surface area contributed by atoms with Gasteiger partial charge in [0, 0.05) is 5.39 Å². The fraction of sp³-hybridized carbons (Fsp3) is 0.118. The molecule has 0 aromatic heterocycles. The molecule has 228 valence electrons. The van der Waals surface area contributed by atoms with Crippen LogP contribution in [0.1, 0.15) is 24.3 Å². The van der Waals surface area contributed by atoms with Crippen LogP contribution in [0.5, 0.6) is 0 Å². The number of carbonyl (C=O) groups excluding carboxylic acids is 3. The zero-order valence-corrected chi connectivity index (χ0v) is 32.2. The van der Waals surface area contributed by atoms with Gasteiger partial charge in [-0.3, -0.25) is 14.0 Å². The molecule has 0 aliphatic carbocycles. The Bertz CT molecular complexity index is 1810. The fourth-order valence-electron chi connectivity index (χ4n) is 4.47. The summed E-state index contributed by atoms with van der Waals surface area (Å²) in [6.07, 6.45) is 0.201. The van der Waals surface area contributed by atoms with Crippen LogP contribution in [0, 0.1) is 11.3 Å². The van der Waals surface area contributed by atoms with E-state index in [2.05, 4.69) is 11.0 Å². The van der Waals surface area contributed by atoms with Crippen LogP contribution < -0.4 is 114 Å². The third-order valence-electron chi connectivity index (χ3n) is 6.32. The Morgan fingerprint density at radius 3 is 1.85 bits per heavy atom. The van der Waals surface area contributed by atoms with E-state index in [0.29, 0.717) is 16.8 Å². The van der Waals surface area contributed by atoms with Crippen molar-refractivity contribution in [1.82, 2.24) is 0 Å². The Morgan fingerprint density at radius 2 is 1.33 bits per heavy atom. The third-order valence-corrected chi connectivity index (χ3v) is 6.32. The average molecular weight is 678 g/mol. The molecule has 0 atom stereocenters. The van der Waals surface area contributed by atoms with Gasteiger partial charge in [-0.05, 0) is 38.9 Å². The van der Waals surface area contributed by atoms with E-state index >= 15 is 0 Å². The number of alkyl halides is 1. The summed E-state index contributed by atoms with van der Waals surface area (Å²) in [5.41, 5.74) is 10.3. The number of hydrogen-bond acceptors (Lipinski definition) is 9. The van der Waals surface area contributed by atoms with Crippen LogP contribution in [0.4, 0.5) is 10.1 Å². The summed E-state index contributed by atoms with van der Waals surface area (Å²) in [6.45, 7) is -0.181. The number of rotatable bonds is 5. The molecule has 0 amide bonds. The Kier molecular flexibility index (Phi) is 21.4. The number of nitrogens with two attached hydrogens (primary N) is 1. The van der Waals surface area contributed by atoms with E-state index in [1.807, 2.05) is 91.0 Å². The summed E-state index contributed by atoms with van der Waals surface area (Å²) in [7, 11) is 1.74. The summed E-state index contributed by atoms with van der Waals surface area (Å²) in [6, 6.07) is 32.6. The van der Waals surface area contributed by atoms with Crippen molar-refractivity contribution in [3.8, 4) is 17.2 Å². The van der Waals surface area contributed by atoms with Crippen molar-refractivity contribution in [2.24, 2.45) is 0 Å². The maximum Gasteiger partial charge on any atom is 1.00 e. The minimum Gasteiger partial charge on any atom is -1.00 e. The molecule has 0 aliphatic rings. The topological polar surface area (TPSA) is 152 Å². The Balaban J connectivity index is 0. The molecule has 0 fully saturated rings. The molecule has 0 heterocycles. The van der Waals surface area contributed by atoms with Crippen molar-refractivity contribution in [2.75, 3.05) is 27.1 Å². The predicted octanol–water partition coefficient (Wildman–Crippen LogP) is -0.557. The first-order chi connectivity index (χ1) is 21.8. The molecular weight excluding hydrogens is 646 g/mol. The molecule has 5 aromatic carbocycles. The summed E-state index contributed by atoms with van der Waals surface area (Å²) in [5, 5.41) is 21.3. The van der Waals surface area contributed by atoms with Gasteiger partial charge in [0.2, 0.25) is 0 Å². The number of benzene rings is 5. The molecule has 46 heavy (non-hydrogen) atoms. The number of methoxy groups -OCH3 is 2. The number of halogens is 1. The maximum atomic E-state index is 12.0. The Labute approximate surface area is 354 Å². The van der Waals surface area contributed by atoms with Gasteiger partial charge in [-0.15, -0.1) is 0 Å². The second kappa shape index (κ2) is 23.7. The van der Waals surface area contributed by atoms with E-state index < -0.39 is 13.1 Å². The average Bonchev–Trinajstić information content (AvgIpc) is 3.09. The first-order valence-corrected chi connectivity index (χ1v) is 12.8. The minimum atomic E-state index is -1.00. The molecule has 9 nitrogen and oxygen atoms in total. The summed E-state index contributed by atoms with van der Waals surface area (Å²) in [4.78, 5) is 34.7. The number of ether oxygens (including phenoxy) is 2. The first-order valence-electron chi connectivity index (χ1n) is 13.5. The predicted molar refractivity (Wildman–Crippen MR) is 165 cm³/mol. The van der Waals surface area contributed by atoms with Crippen molar-refractivity contribution in [3.05, 3.63) is 114 Å². The van der Waals surface area contributed by atoms with Crippen LogP contribution in [0.15, 0.2) is 97.1 Å². The van der Waals surface area contributed by atoms with Gasteiger partial charge in [-0.25, -0.2) is 4.79 Å². The van der Waals surface area contributed by atoms with E-state index in [1.165, 1.54) is 14.2 Å². The molecule has 0 saturated carbocycles. The second-order valence-corrected chi connectivity index (χ2v) is 8.63. The third kappa shape index (κ3) is 11.6. The monoisotopic (exact) mass is 677 g/mol. The van der Waals surface area contributed by atoms with Crippen LogP contribution in [0.2, 0.25) is 0 Å². The summed E-state index contributed by atoms with van der Waals surface area (Å²) < 4.78 is 25.1. The van der Waals surface area contributed by atoms with E-state index in [-0.39, 0.29) is 123 Å². The molecule has 5 aromatic rings. The van der Waals surface area contributed by atoms with Gasteiger partial charge >= 0.3 is 115 Å². The SMILES string of the molecule is COC(=O)Cc1ccccc1-c1ccccc1C#N.COC(=O)c1c(N)c2ccccc2c2ccccc12.O=CO[O-].[2H]CF.[H-].[K+].[K+]. The number of anilines is 1. The minimum absolute atomic E-state index is 0. The molecule has 0 saturated heterocycles. The van der Waals surface area contributed by atoms with Crippen LogP contribution in [-0.2, 0) is 30.4 Å². The van der Waals surface area contributed by atoms with Crippen molar-refractivity contribution >= 4 is 45.6 Å². The smallest absolute Gasteiger partial charge is 1.00 e. The zero-order chi connectivity index (χ0) is 33.2. The summed E-state index contributed by atoms with van der Waals surface area (Å²) >= 11 is 0. The second-order valence-electron chi connectivity index (χ2n) is 8.63. The van der Waals surface area contributed by atoms with Gasteiger partial charge in [0.15, 0.2) is 0 Å². The number of hydrogen-bond donors (Lipinski definition) is 1. The number of nitriles is 1. The van der Waals surface area contributed by atoms with Crippen LogP contribution in [0.25, 0.3) is 32.7 Å². The molecule has 0 radical (unpaired) electrons. The molecule has 0 bridgehead atoms. The van der Waals surface area contributed by atoms with Crippen molar-refractivity contribution in [3.63, 3.8) is 0 Å². The maximum absolute atomic E-state index is 12.0.